The van der Waals surface area contributed by atoms with Crippen molar-refractivity contribution in [2.75, 3.05) is 11.9 Å². The lowest BCUT2D eigenvalue weighted by atomic mass is 9.95. The van der Waals surface area contributed by atoms with Gasteiger partial charge in [0.2, 0.25) is 11.7 Å². The van der Waals surface area contributed by atoms with Crippen molar-refractivity contribution in [3.05, 3.63) is 102 Å². The van der Waals surface area contributed by atoms with Crippen molar-refractivity contribution in [3.8, 4) is 17.2 Å². The van der Waals surface area contributed by atoms with Crippen LogP contribution in [0.5, 0.6) is 0 Å². The molecule has 8 nitrogen and oxygen atoms in total. The maximum atomic E-state index is 13.7. The van der Waals surface area contributed by atoms with Crippen LogP contribution in [0.2, 0.25) is 0 Å². The molecule has 1 aliphatic rings. The minimum Gasteiger partial charge on any atom is -0.334 e. The molecular weight excluding hydrogens is 536 g/mol. The Morgan fingerprint density at radius 2 is 1.88 bits per heavy atom. The highest BCUT2D eigenvalue weighted by molar-refractivity contribution is 6.10. The SMILES string of the molecule is Cc1cc2c(cc1-c1cccn3c(C(=O)c4ccc(NC(=O)/C=C/CNC5CCCCC5)c(C#N)c4)ccc13)ncn2C. The number of hydrogen-bond acceptors (Lipinski definition) is 5. The van der Waals surface area contributed by atoms with Gasteiger partial charge >= 0.3 is 0 Å². The van der Waals surface area contributed by atoms with Crippen molar-refractivity contribution >= 4 is 33.9 Å². The molecule has 8 heteroatoms. The van der Waals surface area contributed by atoms with Gasteiger partial charge in [0.15, 0.2) is 0 Å². The van der Waals surface area contributed by atoms with Crippen LogP contribution in [0.25, 0.3) is 27.7 Å². The van der Waals surface area contributed by atoms with E-state index in [1.165, 1.54) is 44.2 Å². The third kappa shape index (κ3) is 5.72. The quantitative estimate of drug-likeness (QED) is 0.168. The Balaban J connectivity index is 1.20. The van der Waals surface area contributed by atoms with Crippen LogP contribution in [0.3, 0.4) is 0 Å². The van der Waals surface area contributed by atoms with Crippen LogP contribution in [0.1, 0.15) is 59.3 Å². The number of ketones is 1. The summed E-state index contributed by atoms with van der Waals surface area (Å²) in [5.41, 5.74) is 7.52. The number of anilines is 1. The molecule has 0 bridgehead atoms. The molecule has 1 aliphatic carbocycles. The van der Waals surface area contributed by atoms with Crippen molar-refractivity contribution in [1.82, 2.24) is 19.3 Å². The molecule has 2 N–H and O–H groups in total. The van der Waals surface area contributed by atoms with Crippen LogP contribution in [0.4, 0.5) is 5.69 Å². The third-order valence-corrected chi connectivity index (χ3v) is 8.35. The highest BCUT2D eigenvalue weighted by Gasteiger charge is 2.18. The summed E-state index contributed by atoms with van der Waals surface area (Å²) in [5.74, 6) is -0.526. The van der Waals surface area contributed by atoms with Gasteiger partial charge in [-0.3, -0.25) is 9.59 Å². The Kier molecular flexibility index (Phi) is 7.91. The minimum absolute atomic E-state index is 0.211. The van der Waals surface area contributed by atoms with E-state index in [0.717, 1.165) is 33.2 Å². The molecule has 43 heavy (non-hydrogen) atoms. The number of imidazole rings is 1. The van der Waals surface area contributed by atoms with Crippen molar-refractivity contribution in [1.29, 1.82) is 5.26 Å². The van der Waals surface area contributed by atoms with Crippen LogP contribution >= 0.6 is 0 Å². The number of benzene rings is 2. The van der Waals surface area contributed by atoms with Gasteiger partial charge in [0.05, 0.1) is 39.8 Å². The average Bonchev–Trinajstić information content (AvgIpc) is 3.62. The number of nitrogens with one attached hydrogen (secondary N) is 2. The van der Waals surface area contributed by atoms with Crippen molar-refractivity contribution in [2.45, 2.75) is 45.1 Å². The number of rotatable bonds is 8. The number of pyridine rings is 1. The highest BCUT2D eigenvalue weighted by Crippen LogP contribution is 2.32. The maximum absolute atomic E-state index is 13.7. The van der Waals surface area contributed by atoms with Crippen LogP contribution in [0.15, 0.2) is 79.3 Å². The fraction of sp³-hybridized carbons (Fsp3) is 0.257. The molecule has 216 valence electrons. The summed E-state index contributed by atoms with van der Waals surface area (Å²) in [5, 5.41) is 16.1. The molecule has 3 heterocycles. The first-order valence-electron chi connectivity index (χ1n) is 14.7. The summed E-state index contributed by atoms with van der Waals surface area (Å²) in [4.78, 5) is 30.7. The van der Waals surface area contributed by atoms with E-state index in [-0.39, 0.29) is 17.3 Å². The van der Waals surface area contributed by atoms with E-state index in [0.29, 0.717) is 29.5 Å². The van der Waals surface area contributed by atoms with Gasteiger partial charge in [0, 0.05) is 43.0 Å². The zero-order chi connectivity index (χ0) is 29.9. The zero-order valence-electron chi connectivity index (χ0n) is 24.4. The van der Waals surface area contributed by atoms with E-state index in [1.54, 1.807) is 18.2 Å². The molecule has 0 aliphatic heterocycles. The van der Waals surface area contributed by atoms with Gasteiger partial charge in [-0.2, -0.15) is 5.26 Å². The van der Waals surface area contributed by atoms with E-state index in [4.69, 9.17) is 0 Å². The average molecular weight is 571 g/mol. The summed E-state index contributed by atoms with van der Waals surface area (Å²) < 4.78 is 3.88. The van der Waals surface area contributed by atoms with Gasteiger partial charge in [0.1, 0.15) is 6.07 Å². The standard InChI is InChI=1S/C35H34N6O2/c1-23-18-33-30(38-22-40(33)2)20-28(23)27-10-7-17-41-31(27)14-15-32(41)35(43)24-12-13-29(25(19-24)21-36)39-34(42)11-6-16-37-26-8-4-3-5-9-26/h6-7,10-15,17-20,22,26,37H,3-5,8-9,16H2,1-2H3,(H,39,42)/b11-6+. The highest BCUT2D eigenvalue weighted by atomic mass is 16.1. The predicted molar refractivity (Wildman–Crippen MR) is 169 cm³/mol. The fourth-order valence-electron chi connectivity index (χ4n) is 6.04. The lowest BCUT2D eigenvalue weighted by molar-refractivity contribution is -0.111. The molecule has 0 atom stereocenters. The molecule has 1 amide bonds. The predicted octanol–water partition coefficient (Wildman–Crippen LogP) is 6.32. The molecule has 0 unspecified atom stereocenters. The zero-order valence-corrected chi connectivity index (χ0v) is 24.4. The van der Waals surface area contributed by atoms with Gasteiger partial charge in [-0.25, -0.2) is 4.98 Å². The first-order valence-corrected chi connectivity index (χ1v) is 14.7. The first kappa shape index (κ1) is 28.1. The lowest BCUT2D eigenvalue weighted by Gasteiger charge is -2.21. The van der Waals surface area contributed by atoms with Crippen LogP contribution in [0, 0.1) is 18.3 Å². The normalized spacial score (nSPS) is 14.0. The summed E-state index contributed by atoms with van der Waals surface area (Å²) >= 11 is 0. The molecule has 0 spiro atoms. The van der Waals surface area contributed by atoms with Crippen LogP contribution < -0.4 is 10.6 Å². The number of carbonyl (C=O) groups excluding carboxylic acids is 2. The number of nitriles is 1. The second-order valence-corrected chi connectivity index (χ2v) is 11.2. The molecule has 0 saturated heterocycles. The number of nitrogens with zero attached hydrogens (tertiary/aromatic N) is 4. The summed E-state index contributed by atoms with van der Waals surface area (Å²) in [7, 11) is 1.98. The third-order valence-electron chi connectivity index (χ3n) is 8.35. The molecule has 5 aromatic rings. The van der Waals surface area contributed by atoms with E-state index in [2.05, 4.69) is 40.7 Å². The van der Waals surface area contributed by atoms with Crippen molar-refractivity contribution < 1.29 is 9.59 Å². The molecule has 3 aromatic heterocycles. The number of hydrogen-bond donors (Lipinski definition) is 2. The summed E-state index contributed by atoms with van der Waals surface area (Å²) in [6, 6.07) is 19.4. The first-order chi connectivity index (χ1) is 20.9. The monoisotopic (exact) mass is 570 g/mol. The molecule has 0 radical (unpaired) electrons. The second-order valence-electron chi connectivity index (χ2n) is 11.2. The number of aryl methyl sites for hydroxylation is 2. The number of carbonyl (C=O) groups is 2. The topological polar surface area (TPSA) is 104 Å². The Bertz CT molecular complexity index is 1920. The number of fused-ring (bicyclic) bond motifs is 2. The lowest BCUT2D eigenvalue weighted by Crippen LogP contribution is -2.31. The smallest absolute Gasteiger partial charge is 0.248 e. The molecule has 2 aromatic carbocycles. The molecule has 1 saturated carbocycles. The van der Waals surface area contributed by atoms with Crippen LogP contribution in [-0.2, 0) is 11.8 Å². The second kappa shape index (κ2) is 12.1. The van der Waals surface area contributed by atoms with E-state index >= 15 is 0 Å². The Morgan fingerprint density at radius 1 is 1.05 bits per heavy atom. The van der Waals surface area contributed by atoms with Crippen molar-refractivity contribution in [2.24, 2.45) is 7.05 Å². The largest absolute Gasteiger partial charge is 0.334 e. The number of amides is 1. The van der Waals surface area contributed by atoms with Gasteiger partial charge in [-0.1, -0.05) is 31.4 Å². The van der Waals surface area contributed by atoms with Crippen molar-refractivity contribution in [3.63, 3.8) is 0 Å². The Hall–Kier alpha value is -5.00. The molecule has 1 fully saturated rings. The van der Waals surface area contributed by atoms with Gasteiger partial charge in [-0.05, 0) is 79.4 Å². The Labute approximate surface area is 250 Å². The van der Waals surface area contributed by atoms with Crippen LogP contribution in [-0.4, -0.2) is 38.2 Å². The Morgan fingerprint density at radius 3 is 2.70 bits per heavy atom. The summed E-state index contributed by atoms with van der Waals surface area (Å²) in [6.07, 6.45) is 13.1. The fourth-order valence-corrected chi connectivity index (χ4v) is 6.04. The number of aromatic nitrogens is 3. The molecule has 6 rings (SSSR count). The van der Waals surface area contributed by atoms with E-state index < -0.39 is 0 Å². The molecular formula is C35H34N6O2. The van der Waals surface area contributed by atoms with E-state index in [9.17, 15) is 14.9 Å². The maximum Gasteiger partial charge on any atom is 0.248 e. The van der Waals surface area contributed by atoms with Gasteiger partial charge < -0.3 is 19.6 Å². The summed E-state index contributed by atoms with van der Waals surface area (Å²) in [6.45, 7) is 2.70. The van der Waals surface area contributed by atoms with Gasteiger partial charge in [0.25, 0.3) is 0 Å². The minimum atomic E-state index is -0.315. The van der Waals surface area contributed by atoms with Gasteiger partial charge in [-0.15, -0.1) is 0 Å². The van der Waals surface area contributed by atoms with E-state index in [1.807, 2.05) is 52.8 Å².